The number of esters is 3. The summed E-state index contributed by atoms with van der Waals surface area (Å²) < 4.78 is 16.8. The summed E-state index contributed by atoms with van der Waals surface area (Å²) in [5, 5.41) is 0. The third-order valence-electron chi connectivity index (χ3n) is 12.4. The number of allylic oxidation sites excluding steroid dienone is 22. The fourth-order valence-electron chi connectivity index (χ4n) is 7.94. The molecule has 0 aliphatic rings. The second-order valence-corrected chi connectivity index (χ2v) is 19.5. The number of unbranched alkanes of at least 4 members (excludes halogenated alkanes) is 20. The fraction of sp³-hybridized carbons (Fsp3) is 0.632. The maximum Gasteiger partial charge on any atom is 0.306 e. The number of rotatable bonds is 53. The second kappa shape index (κ2) is 61.1. The van der Waals surface area contributed by atoms with E-state index in [0.29, 0.717) is 19.3 Å². The summed E-state index contributed by atoms with van der Waals surface area (Å²) >= 11 is 0. The Morgan fingerprint density at radius 2 is 0.527 bits per heavy atom. The van der Waals surface area contributed by atoms with Crippen molar-refractivity contribution in [2.45, 2.75) is 264 Å². The van der Waals surface area contributed by atoms with Gasteiger partial charge in [0, 0.05) is 19.3 Å². The molecule has 0 aromatic heterocycles. The fourth-order valence-corrected chi connectivity index (χ4v) is 7.94. The molecule has 1 atom stereocenters. The van der Waals surface area contributed by atoms with Crippen molar-refractivity contribution in [1.82, 2.24) is 0 Å². The van der Waals surface area contributed by atoms with Gasteiger partial charge in [0.2, 0.25) is 0 Å². The molecule has 0 heterocycles. The molecule has 0 spiro atoms. The van der Waals surface area contributed by atoms with Crippen LogP contribution >= 0.6 is 0 Å². The van der Waals surface area contributed by atoms with Gasteiger partial charge in [0.05, 0.1) is 0 Å². The summed E-state index contributed by atoms with van der Waals surface area (Å²) in [7, 11) is 0. The maximum atomic E-state index is 12.9. The first kappa shape index (κ1) is 69.5. The molecule has 6 heteroatoms. The van der Waals surface area contributed by atoms with E-state index in [9.17, 15) is 14.4 Å². The van der Waals surface area contributed by atoms with Crippen molar-refractivity contribution in [1.29, 1.82) is 0 Å². The third-order valence-corrected chi connectivity index (χ3v) is 12.4. The Morgan fingerprint density at radius 3 is 0.838 bits per heavy atom. The van der Waals surface area contributed by atoms with E-state index < -0.39 is 6.10 Å². The molecule has 0 radical (unpaired) electrons. The zero-order valence-electron chi connectivity index (χ0n) is 47.8. The van der Waals surface area contributed by atoms with Gasteiger partial charge in [-0.1, -0.05) is 257 Å². The summed E-state index contributed by atoms with van der Waals surface area (Å²) in [5.41, 5.74) is 0. The van der Waals surface area contributed by atoms with Crippen LogP contribution in [0.4, 0.5) is 0 Å². The Hall–Kier alpha value is -4.45. The molecule has 1 unspecified atom stereocenters. The van der Waals surface area contributed by atoms with Gasteiger partial charge in [-0.2, -0.15) is 0 Å². The Morgan fingerprint density at radius 1 is 0.284 bits per heavy atom. The van der Waals surface area contributed by atoms with Crippen molar-refractivity contribution in [2.75, 3.05) is 13.2 Å². The summed E-state index contributed by atoms with van der Waals surface area (Å²) in [5.74, 6) is -0.938. The van der Waals surface area contributed by atoms with Crippen LogP contribution in [0.1, 0.15) is 258 Å². The Bertz CT molecular complexity index is 1600. The highest BCUT2D eigenvalue weighted by Crippen LogP contribution is 2.15. The van der Waals surface area contributed by atoms with Crippen LogP contribution in [0.2, 0.25) is 0 Å². The van der Waals surface area contributed by atoms with Crippen molar-refractivity contribution >= 4 is 17.9 Å². The lowest BCUT2D eigenvalue weighted by Gasteiger charge is -2.18. The monoisotopic (exact) mass is 1020 g/mol. The van der Waals surface area contributed by atoms with E-state index in [4.69, 9.17) is 14.2 Å². The van der Waals surface area contributed by atoms with Gasteiger partial charge < -0.3 is 14.2 Å². The lowest BCUT2D eigenvalue weighted by atomic mass is 10.0. The summed E-state index contributed by atoms with van der Waals surface area (Å²) in [4.78, 5) is 38.1. The first-order valence-electron chi connectivity index (χ1n) is 30.2. The van der Waals surface area contributed by atoms with E-state index in [1.807, 2.05) is 0 Å². The number of carbonyl (C=O) groups is 3. The Balaban J connectivity index is 4.32. The zero-order valence-corrected chi connectivity index (χ0v) is 47.8. The van der Waals surface area contributed by atoms with Crippen LogP contribution in [-0.2, 0) is 28.6 Å². The predicted octanol–water partition coefficient (Wildman–Crippen LogP) is 20.6. The van der Waals surface area contributed by atoms with Gasteiger partial charge in [0.25, 0.3) is 0 Å². The molecule has 0 aliphatic heterocycles. The first-order chi connectivity index (χ1) is 36.5. The van der Waals surface area contributed by atoms with Crippen LogP contribution in [0.25, 0.3) is 0 Å². The molecular weight excluding hydrogens is 913 g/mol. The number of ether oxygens (including phenoxy) is 3. The number of hydrogen-bond donors (Lipinski definition) is 0. The van der Waals surface area contributed by atoms with Crippen LogP contribution in [0.15, 0.2) is 134 Å². The van der Waals surface area contributed by atoms with E-state index in [0.717, 1.165) is 135 Å². The smallest absolute Gasteiger partial charge is 0.306 e. The number of carbonyl (C=O) groups excluding carboxylic acids is 3. The van der Waals surface area contributed by atoms with E-state index in [1.54, 1.807) is 0 Å². The molecule has 0 amide bonds. The summed E-state index contributed by atoms with van der Waals surface area (Å²) in [6, 6.07) is 0. The van der Waals surface area contributed by atoms with E-state index >= 15 is 0 Å². The minimum Gasteiger partial charge on any atom is -0.462 e. The highest BCUT2D eigenvalue weighted by atomic mass is 16.6. The average Bonchev–Trinajstić information content (AvgIpc) is 3.40. The molecule has 0 aromatic carbocycles. The van der Waals surface area contributed by atoms with Gasteiger partial charge in [0.1, 0.15) is 13.2 Å². The largest absolute Gasteiger partial charge is 0.462 e. The topological polar surface area (TPSA) is 78.9 Å². The third kappa shape index (κ3) is 58.4. The second-order valence-electron chi connectivity index (χ2n) is 19.5. The highest BCUT2D eigenvalue weighted by molar-refractivity contribution is 5.71. The van der Waals surface area contributed by atoms with Gasteiger partial charge in [-0.05, 0) is 116 Å². The van der Waals surface area contributed by atoms with Crippen molar-refractivity contribution in [3.05, 3.63) is 134 Å². The normalized spacial score (nSPS) is 13.1. The molecule has 0 saturated heterocycles. The van der Waals surface area contributed by atoms with Crippen molar-refractivity contribution in [3.63, 3.8) is 0 Å². The van der Waals surface area contributed by atoms with Crippen molar-refractivity contribution in [2.24, 2.45) is 0 Å². The van der Waals surface area contributed by atoms with Crippen LogP contribution in [0.3, 0.4) is 0 Å². The average molecular weight is 1020 g/mol. The van der Waals surface area contributed by atoms with Crippen molar-refractivity contribution < 1.29 is 28.6 Å². The molecule has 0 aliphatic carbocycles. The van der Waals surface area contributed by atoms with E-state index in [2.05, 4.69) is 154 Å². The first-order valence-corrected chi connectivity index (χ1v) is 30.2. The van der Waals surface area contributed by atoms with Crippen LogP contribution in [-0.4, -0.2) is 37.2 Å². The molecule has 418 valence electrons. The van der Waals surface area contributed by atoms with Crippen molar-refractivity contribution in [3.8, 4) is 0 Å². The van der Waals surface area contributed by atoms with Crippen LogP contribution < -0.4 is 0 Å². The molecule has 0 fully saturated rings. The van der Waals surface area contributed by atoms with Crippen LogP contribution in [0, 0.1) is 0 Å². The Kier molecular flexibility index (Phi) is 57.4. The lowest BCUT2D eigenvalue weighted by molar-refractivity contribution is -0.167. The maximum absolute atomic E-state index is 12.9. The standard InChI is InChI=1S/C68H110O6/c1-4-7-10-13-16-19-21-23-25-27-29-31-33-34-36-37-39-41-43-45-47-49-52-55-58-61-67(70)73-64-65(63-72-66(69)60-57-54-51-18-15-12-9-6-3)74-68(71)62-59-56-53-50-48-46-44-42-40-38-35-32-30-28-26-24-22-20-17-14-11-8-5-2/h7-8,10-11,16-17,19-20,23-26,29-32,34,36,39,41,45,47,65H,4-6,9,12-15,18,21-22,27-28,33,35,37-38,40,42-44,46,48-64H2,1-3H3/b10-7-,11-8-,19-16-,20-17-,25-23-,26-24-,31-29-,32-30-,36-34-,41-39-,47-45-. The van der Waals surface area contributed by atoms with Gasteiger partial charge >= 0.3 is 17.9 Å². The molecule has 0 rings (SSSR count). The van der Waals surface area contributed by atoms with Gasteiger partial charge in [0.15, 0.2) is 6.10 Å². The number of hydrogen-bond acceptors (Lipinski definition) is 6. The van der Waals surface area contributed by atoms with E-state index in [-0.39, 0.29) is 31.1 Å². The van der Waals surface area contributed by atoms with Gasteiger partial charge in [-0.3, -0.25) is 14.4 Å². The van der Waals surface area contributed by atoms with Crippen LogP contribution in [0.5, 0.6) is 0 Å². The molecule has 74 heavy (non-hydrogen) atoms. The van der Waals surface area contributed by atoms with E-state index in [1.165, 1.54) is 83.5 Å². The minimum atomic E-state index is -0.797. The molecule has 0 bridgehead atoms. The van der Waals surface area contributed by atoms with Gasteiger partial charge in [-0.15, -0.1) is 0 Å². The van der Waals surface area contributed by atoms with Gasteiger partial charge in [-0.25, -0.2) is 0 Å². The zero-order chi connectivity index (χ0) is 53.6. The SMILES string of the molecule is CC/C=C\C/C=C\C/C=C\C/C=C\C/C=C\C/C=C\C/C=C\CCCCCC(=O)OCC(COC(=O)CCCCCCCCCC)OC(=O)CCCCCCCCCCCC/C=C\C/C=C\C/C=C\C/C=C\CC. The minimum absolute atomic E-state index is 0.0930. The molecule has 0 saturated carbocycles. The lowest BCUT2D eigenvalue weighted by Crippen LogP contribution is -2.30. The molecule has 6 nitrogen and oxygen atoms in total. The quantitative estimate of drug-likeness (QED) is 0.0261. The Labute approximate surface area is 455 Å². The molecule has 0 N–H and O–H groups in total. The predicted molar refractivity (Wildman–Crippen MR) is 320 cm³/mol. The molecule has 0 aromatic rings. The highest BCUT2D eigenvalue weighted by Gasteiger charge is 2.19. The summed E-state index contributed by atoms with van der Waals surface area (Å²) in [6.45, 7) is 6.35. The molecular formula is C68H110O6. The summed E-state index contributed by atoms with van der Waals surface area (Å²) in [6.07, 6.45) is 86.0.